The van der Waals surface area contributed by atoms with Crippen LogP contribution in [-0.4, -0.2) is 13.1 Å². The van der Waals surface area contributed by atoms with Gasteiger partial charge in [-0.1, -0.05) is 44.9 Å². The van der Waals surface area contributed by atoms with Crippen molar-refractivity contribution in [1.82, 2.24) is 5.32 Å². The third-order valence-electron chi connectivity index (χ3n) is 10.6. The molecular weight excluding hydrogens is 326 g/mol. The Balaban J connectivity index is 1.53. The molecule has 0 amide bonds. The van der Waals surface area contributed by atoms with Crippen LogP contribution in [0.25, 0.3) is 0 Å². The number of hydrogen-bond donors (Lipinski definition) is 1. The normalized spacial score (nSPS) is 48.8. The lowest BCUT2D eigenvalue weighted by Crippen LogP contribution is -2.50. The fraction of sp³-hybridized carbons (Fsp3) is 1.00. The first kappa shape index (κ1) is 19.0. The highest BCUT2D eigenvalue weighted by molar-refractivity contribution is 5.13. The quantitative estimate of drug-likeness (QED) is 0.565. The molecule has 5 aliphatic carbocycles. The van der Waals surface area contributed by atoms with Crippen molar-refractivity contribution in [3.8, 4) is 0 Å². The predicted octanol–water partition coefficient (Wildman–Crippen LogP) is 6.96. The van der Waals surface area contributed by atoms with Crippen LogP contribution >= 0.6 is 0 Å². The highest BCUT2D eigenvalue weighted by Gasteiger charge is 2.64. The summed E-state index contributed by atoms with van der Waals surface area (Å²) in [6.07, 6.45) is 26.5. The second kappa shape index (κ2) is 8.00. The molecular formula is C26H45N. The monoisotopic (exact) mass is 371 g/mol. The van der Waals surface area contributed by atoms with Gasteiger partial charge in [0.25, 0.3) is 0 Å². The van der Waals surface area contributed by atoms with Gasteiger partial charge in [0.15, 0.2) is 0 Å². The van der Waals surface area contributed by atoms with Gasteiger partial charge >= 0.3 is 0 Å². The maximum Gasteiger partial charge on any atom is 0.00642 e. The summed E-state index contributed by atoms with van der Waals surface area (Å²) in [5.74, 6) is 6.68. The van der Waals surface area contributed by atoms with E-state index in [9.17, 15) is 0 Å². The van der Waals surface area contributed by atoms with Crippen molar-refractivity contribution in [1.29, 1.82) is 0 Å². The van der Waals surface area contributed by atoms with E-state index in [2.05, 4.69) is 12.4 Å². The van der Waals surface area contributed by atoms with Gasteiger partial charge in [-0.25, -0.2) is 0 Å². The molecule has 5 saturated carbocycles. The summed E-state index contributed by atoms with van der Waals surface area (Å²) in [7, 11) is 2.20. The number of hydrogen-bond acceptors (Lipinski definition) is 1. The van der Waals surface area contributed by atoms with Crippen LogP contribution in [0.4, 0.5) is 0 Å². The van der Waals surface area contributed by atoms with Crippen molar-refractivity contribution in [2.45, 2.75) is 115 Å². The van der Waals surface area contributed by atoms with Gasteiger partial charge < -0.3 is 5.32 Å². The first-order chi connectivity index (χ1) is 13.4. The molecule has 0 radical (unpaired) electrons. The Bertz CT molecular complexity index is 462. The Hall–Kier alpha value is -0.0400. The van der Waals surface area contributed by atoms with Gasteiger partial charge in [-0.15, -0.1) is 0 Å². The van der Waals surface area contributed by atoms with Crippen LogP contribution in [0.3, 0.4) is 0 Å². The molecule has 5 rings (SSSR count). The lowest BCUT2D eigenvalue weighted by atomic mass is 9.48. The number of rotatable bonds is 3. The molecule has 0 saturated heterocycles. The molecule has 4 unspecified atom stereocenters. The Labute approximate surface area is 168 Å². The van der Waals surface area contributed by atoms with Gasteiger partial charge in [-0.3, -0.25) is 0 Å². The van der Waals surface area contributed by atoms with Crippen molar-refractivity contribution in [3.63, 3.8) is 0 Å². The van der Waals surface area contributed by atoms with E-state index >= 15 is 0 Å². The van der Waals surface area contributed by atoms with Crippen LogP contribution in [0.15, 0.2) is 0 Å². The van der Waals surface area contributed by atoms with Crippen molar-refractivity contribution >= 4 is 0 Å². The van der Waals surface area contributed by atoms with Crippen LogP contribution in [0.5, 0.6) is 0 Å². The average molecular weight is 372 g/mol. The first-order valence-electron chi connectivity index (χ1n) is 13.0. The first-order valence-corrected chi connectivity index (χ1v) is 13.0. The molecule has 5 aliphatic rings. The maximum atomic E-state index is 3.62. The van der Waals surface area contributed by atoms with Gasteiger partial charge in [0.05, 0.1) is 0 Å². The van der Waals surface area contributed by atoms with E-state index < -0.39 is 0 Å². The van der Waals surface area contributed by atoms with Crippen molar-refractivity contribution < 1.29 is 0 Å². The topological polar surface area (TPSA) is 12.0 Å². The molecule has 1 nitrogen and oxygen atoms in total. The molecule has 5 fully saturated rings. The minimum Gasteiger partial charge on any atom is -0.317 e. The molecule has 0 spiro atoms. The third-order valence-corrected chi connectivity index (χ3v) is 10.6. The summed E-state index contributed by atoms with van der Waals surface area (Å²) in [5, 5.41) is 3.62. The summed E-state index contributed by atoms with van der Waals surface area (Å²) >= 11 is 0. The van der Waals surface area contributed by atoms with Gasteiger partial charge in [0, 0.05) is 6.04 Å². The largest absolute Gasteiger partial charge is 0.317 e. The molecule has 0 aromatic carbocycles. The molecule has 0 heterocycles. The van der Waals surface area contributed by atoms with Crippen LogP contribution < -0.4 is 5.32 Å². The highest BCUT2D eigenvalue weighted by Crippen LogP contribution is 2.71. The zero-order valence-corrected chi connectivity index (χ0v) is 18.1. The Morgan fingerprint density at radius 3 is 1.56 bits per heavy atom. The van der Waals surface area contributed by atoms with E-state index in [-0.39, 0.29) is 0 Å². The second-order valence-electron chi connectivity index (χ2n) is 11.3. The van der Waals surface area contributed by atoms with E-state index in [4.69, 9.17) is 0 Å². The molecule has 154 valence electrons. The molecule has 4 atom stereocenters. The SMILES string of the molecule is CNC1CCC(C2(C3CCCCC3)C3CCCCC3C3CCCCC32)CC1. The van der Waals surface area contributed by atoms with E-state index in [0.717, 1.165) is 47.0 Å². The fourth-order valence-electron chi connectivity index (χ4n) is 9.89. The van der Waals surface area contributed by atoms with E-state index in [1.54, 1.807) is 89.9 Å². The summed E-state index contributed by atoms with van der Waals surface area (Å²) in [6.45, 7) is 0. The molecule has 1 heteroatoms. The molecule has 27 heavy (non-hydrogen) atoms. The van der Waals surface area contributed by atoms with Gasteiger partial charge in [0.1, 0.15) is 0 Å². The minimum atomic E-state index is 0.773. The Morgan fingerprint density at radius 1 is 0.519 bits per heavy atom. The second-order valence-corrected chi connectivity index (χ2v) is 11.3. The van der Waals surface area contributed by atoms with Crippen LogP contribution in [-0.2, 0) is 0 Å². The zero-order valence-electron chi connectivity index (χ0n) is 18.1. The Kier molecular flexibility index (Phi) is 5.62. The van der Waals surface area contributed by atoms with Crippen LogP contribution in [0.2, 0.25) is 0 Å². The maximum absolute atomic E-state index is 3.62. The lowest BCUT2D eigenvalue weighted by molar-refractivity contribution is -0.0758. The zero-order chi connectivity index (χ0) is 18.3. The predicted molar refractivity (Wildman–Crippen MR) is 115 cm³/mol. The number of nitrogens with one attached hydrogen (secondary N) is 1. The summed E-state index contributed by atoms with van der Waals surface area (Å²) in [6, 6.07) is 0.815. The molecule has 0 aromatic heterocycles. The summed E-state index contributed by atoms with van der Waals surface area (Å²) in [5.41, 5.74) is 0.773. The van der Waals surface area contributed by atoms with Crippen molar-refractivity contribution in [3.05, 3.63) is 0 Å². The fourth-order valence-corrected chi connectivity index (χ4v) is 9.89. The lowest BCUT2D eigenvalue weighted by Gasteiger charge is -2.56. The smallest absolute Gasteiger partial charge is 0.00642 e. The highest BCUT2D eigenvalue weighted by atomic mass is 14.9. The molecule has 0 aromatic rings. The van der Waals surface area contributed by atoms with Gasteiger partial charge in [-0.05, 0) is 112 Å². The van der Waals surface area contributed by atoms with Gasteiger partial charge in [0.2, 0.25) is 0 Å². The summed E-state index contributed by atoms with van der Waals surface area (Å²) in [4.78, 5) is 0. The standard InChI is InChI=1S/C26H45N/c1-27-21-17-15-20(16-18-21)26(19-9-3-2-4-10-19)24-13-7-5-11-22(24)23-12-6-8-14-25(23)26/h19-25,27H,2-18H2,1H3. The van der Waals surface area contributed by atoms with E-state index in [0.29, 0.717) is 0 Å². The number of fused-ring (bicyclic) bond motifs is 3. The van der Waals surface area contributed by atoms with E-state index in [1.165, 1.54) is 19.3 Å². The molecule has 1 N–H and O–H groups in total. The minimum absolute atomic E-state index is 0.773. The van der Waals surface area contributed by atoms with Gasteiger partial charge in [-0.2, -0.15) is 0 Å². The third kappa shape index (κ3) is 3.04. The van der Waals surface area contributed by atoms with Crippen LogP contribution in [0, 0.1) is 40.9 Å². The average Bonchev–Trinajstić information content (AvgIpc) is 3.06. The van der Waals surface area contributed by atoms with Crippen molar-refractivity contribution in [2.24, 2.45) is 40.9 Å². The summed E-state index contributed by atoms with van der Waals surface area (Å²) < 4.78 is 0. The molecule has 0 aliphatic heterocycles. The van der Waals surface area contributed by atoms with Crippen molar-refractivity contribution in [2.75, 3.05) is 7.05 Å². The van der Waals surface area contributed by atoms with E-state index in [1.807, 2.05) is 0 Å². The Morgan fingerprint density at radius 2 is 1.00 bits per heavy atom. The molecule has 0 bridgehead atoms. The van der Waals surface area contributed by atoms with Crippen LogP contribution in [0.1, 0.15) is 109 Å².